The molecule has 0 amide bonds. The lowest BCUT2D eigenvalue weighted by Crippen LogP contribution is -2.05. The highest BCUT2D eigenvalue weighted by molar-refractivity contribution is 6.31. The van der Waals surface area contributed by atoms with Crippen molar-refractivity contribution < 1.29 is 14.6 Å². The van der Waals surface area contributed by atoms with E-state index in [1.807, 2.05) is 6.92 Å². The van der Waals surface area contributed by atoms with Crippen LogP contribution in [0.5, 0.6) is 5.75 Å². The molecule has 0 saturated carbocycles. The Bertz CT molecular complexity index is 667. The summed E-state index contributed by atoms with van der Waals surface area (Å²) in [5, 5.41) is 13.6. The van der Waals surface area contributed by atoms with Gasteiger partial charge < -0.3 is 15.6 Å². The van der Waals surface area contributed by atoms with E-state index < -0.39 is 5.97 Å². The van der Waals surface area contributed by atoms with Gasteiger partial charge in [0, 0.05) is 7.05 Å². The molecular formula is C13H14ClN3O3. The molecule has 20 heavy (non-hydrogen) atoms. The first-order chi connectivity index (χ1) is 9.40. The van der Waals surface area contributed by atoms with Crippen molar-refractivity contribution in [3.05, 3.63) is 40.2 Å². The summed E-state index contributed by atoms with van der Waals surface area (Å²) in [6.07, 6.45) is 0. The second-order valence-corrected chi connectivity index (χ2v) is 4.69. The number of benzene rings is 1. The van der Waals surface area contributed by atoms with E-state index in [9.17, 15) is 4.79 Å². The van der Waals surface area contributed by atoms with E-state index in [1.54, 1.807) is 11.7 Å². The normalized spacial score (nSPS) is 10.6. The predicted octanol–water partition coefficient (Wildman–Crippen LogP) is 2.24. The number of nitrogens with zero attached hydrogens (tertiary/aromatic N) is 2. The standard InChI is InChI=1S/C13H14ClN3O3/c1-7-12(14)10(17(2)16-7)6-20-11-4-3-8(13(18)19)5-9(11)15/h3-5H,6,15H2,1-2H3,(H,18,19). The monoisotopic (exact) mass is 295 g/mol. The largest absolute Gasteiger partial charge is 0.485 e. The number of nitrogens with two attached hydrogens (primary N) is 1. The summed E-state index contributed by atoms with van der Waals surface area (Å²) in [4.78, 5) is 10.8. The third-order valence-electron chi connectivity index (χ3n) is 2.88. The van der Waals surface area contributed by atoms with Gasteiger partial charge in [-0.3, -0.25) is 4.68 Å². The summed E-state index contributed by atoms with van der Waals surface area (Å²) < 4.78 is 7.21. The molecule has 106 valence electrons. The molecule has 1 heterocycles. The highest BCUT2D eigenvalue weighted by Gasteiger charge is 2.13. The maximum Gasteiger partial charge on any atom is 0.335 e. The van der Waals surface area contributed by atoms with Gasteiger partial charge in [0.25, 0.3) is 0 Å². The van der Waals surface area contributed by atoms with Crippen LogP contribution >= 0.6 is 11.6 Å². The number of carbonyl (C=O) groups is 1. The van der Waals surface area contributed by atoms with Crippen LogP contribution in [0.1, 0.15) is 21.7 Å². The van der Waals surface area contributed by atoms with E-state index in [4.69, 9.17) is 27.2 Å². The lowest BCUT2D eigenvalue weighted by atomic mass is 10.2. The summed E-state index contributed by atoms with van der Waals surface area (Å²) in [5.41, 5.74) is 7.59. The van der Waals surface area contributed by atoms with Crippen LogP contribution in [0.2, 0.25) is 5.02 Å². The lowest BCUT2D eigenvalue weighted by molar-refractivity contribution is 0.0697. The fourth-order valence-electron chi connectivity index (χ4n) is 1.80. The molecule has 1 aromatic carbocycles. The number of ether oxygens (including phenoxy) is 1. The minimum atomic E-state index is -1.03. The quantitative estimate of drug-likeness (QED) is 0.844. The Morgan fingerprint density at radius 2 is 2.25 bits per heavy atom. The zero-order valence-corrected chi connectivity index (χ0v) is 11.8. The zero-order valence-electron chi connectivity index (χ0n) is 11.1. The molecule has 0 saturated heterocycles. The Hall–Kier alpha value is -2.21. The first-order valence-corrected chi connectivity index (χ1v) is 6.21. The van der Waals surface area contributed by atoms with Crippen LogP contribution in [-0.4, -0.2) is 20.9 Å². The van der Waals surface area contributed by atoms with Crippen molar-refractivity contribution >= 4 is 23.3 Å². The van der Waals surface area contributed by atoms with Crippen molar-refractivity contribution in [1.82, 2.24) is 9.78 Å². The fraction of sp³-hybridized carbons (Fsp3) is 0.231. The number of carboxylic acids is 1. The fourth-order valence-corrected chi connectivity index (χ4v) is 2.01. The van der Waals surface area contributed by atoms with Gasteiger partial charge in [0.1, 0.15) is 12.4 Å². The molecule has 0 unspecified atom stereocenters. The Morgan fingerprint density at radius 3 is 2.75 bits per heavy atom. The minimum Gasteiger partial charge on any atom is -0.485 e. The molecule has 0 aliphatic heterocycles. The highest BCUT2D eigenvalue weighted by Crippen LogP contribution is 2.26. The molecule has 0 aliphatic carbocycles. The number of anilines is 1. The number of hydrogen-bond donors (Lipinski definition) is 2. The third-order valence-corrected chi connectivity index (χ3v) is 3.37. The smallest absolute Gasteiger partial charge is 0.335 e. The molecule has 7 heteroatoms. The Balaban J connectivity index is 2.17. The average molecular weight is 296 g/mol. The van der Waals surface area contributed by atoms with Gasteiger partial charge in [0.2, 0.25) is 0 Å². The SMILES string of the molecule is Cc1nn(C)c(COc2ccc(C(=O)O)cc2N)c1Cl. The maximum atomic E-state index is 10.8. The number of rotatable bonds is 4. The summed E-state index contributed by atoms with van der Waals surface area (Å²) in [6, 6.07) is 4.31. The molecule has 0 atom stereocenters. The van der Waals surface area contributed by atoms with Crippen LogP contribution < -0.4 is 10.5 Å². The topological polar surface area (TPSA) is 90.4 Å². The first-order valence-electron chi connectivity index (χ1n) is 5.83. The first kappa shape index (κ1) is 14.2. The Labute approximate surface area is 120 Å². The van der Waals surface area contributed by atoms with Gasteiger partial charge in [-0.25, -0.2) is 4.79 Å². The van der Waals surface area contributed by atoms with Gasteiger partial charge in [-0.15, -0.1) is 0 Å². The molecule has 0 bridgehead atoms. The van der Waals surface area contributed by atoms with Gasteiger partial charge in [-0.1, -0.05) is 11.6 Å². The molecule has 2 aromatic rings. The van der Waals surface area contributed by atoms with Crippen LogP contribution in [0.25, 0.3) is 0 Å². The molecule has 0 radical (unpaired) electrons. The number of hydrogen-bond acceptors (Lipinski definition) is 4. The molecule has 0 aliphatic rings. The van der Waals surface area contributed by atoms with Crippen LogP contribution in [0, 0.1) is 6.92 Å². The van der Waals surface area contributed by atoms with Crippen molar-refractivity contribution in [2.45, 2.75) is 13.5 Å². The average Bonchev–Trinajstić information content (AvgIpc) is 2.62. The summed E-state index contributed by atoms with van der Waals surface area (Å²) in [5.74, 6) is -0.626. The number of halogens is 1. The van der Waals surface area contributed by atoms with E-state index in [-0.39, 0.29) is 17.9 Å². The molecule has 2 rings (SSSR count). The summed E-state index contributed by atoms with van der Waals surface area (Å²) in [7, 11) is 1.77. The van der Waals surface area contributed by atoms with E-state index in [2.05, 4.69) is 5.10 Å². The third kappa shape index (κ3) is 2.70. The predicted molar refractivity (Wildman–Crippen MR) is 75.1 cm³/mol. The van der Waals surface area contributed by atoms with Crippen molar-refractivity contribution in [2.75, 3.05) is 5.73 Å². The van der Waals surface area contributed by atoms with Gasteiger partial charge in [0.05, 0.1) is 27.7 Å². The van der Waals surface area contributed by atoms with E-state index in [1.165, 1.54) is 18.2 Å². The Kier molecular flexibility index (Phi) is 3.85. The van der Waals surface area contributed by atoms with E-state index >= 15 is 0 Å². The van der Waals surface area contributed by atoms with Crippen LogP contribution in [-0.2, 0) is 13.7 Å². The zero-order chi connectivity index (χ0) is 14.9. The van der Waals surface area contributed by atoms with Crippen molar-refractivity contribution in [3.63, 3.8) is 0 Å². The Morgan fingerprint density at radius 1 is 1.55 bits per heavy atom. The van der Waals surface area contributed by atoms with Gasteiger partial charge in [0.15, 0.2) is 0 Å². The molecule has 0 spiro atoms. The number of aryl methyl sites for hydroxylation is 2. The van der Waals surface area contributed by atoms with Crippen molar-refractivity contribution in [1.29, 1.82) is 0 Å². The number of nitrogen functional groups attached to an aromatic ring is 1. The van der Waals surface area contributed by atoms with Crippen molar-refractivity contribution in [2.24, 2.45) is 7.05 Å². The minimum absolute atomic E-state index is 0.115. The van der Waals surface area contributed by atoms with E-state index in [0.29, 0.717) is 10.8 Å². The molecule has 3 N–H and O–H groups in total. The van der Waals surface area contributed by atoms with Gasteiger partial charge in [-0.05, 0) is 25.1 Å². The number of aromatic nitrogens is 2. The number of carboxylic acid groups (broad SMARTS) is 1. The van der Waals surface area contributed by atoms with E-state index in [0.717, 1.165) is 11.4 Å². The van der Waals surface area contributed by atoms with Crippen molar-refractivity contribution in [3.8, 4) is 5.75 Å². The van der Waals surface area contributed by atoms with Gasteiger partial charge in [-0.2, -0.15) is 5.10 Å². The summed E-state index contributed by atoms with van der Waals surface area (Å²) in [6.45, 7) is 2.01. The molecule has 1 aromatic heterocycles. The summed E-state index contributed by atoms with van der Waals surface area (Å²) >= 11 is 6.11. The van der Waals surface area contributed by atoms with Crippen LogP contribution in [0.4, 0.5) is 5.69 Å². The number of aromatic carboxylic acids is 1. The second kappa shape index (κ2) is 5.42. The highest BCUT2D eigenvalue weighted by atomic mass is 35.5. The van der Waals surface area contributed by atoms with Gasteiger partial charge >= 0.3 is 5.97 Å². The molecule has 6 nitrogen and oxygen atoms in total. The van der Waals surface area contributed by atoms with Crippen LogP contribution in [0.3, 0.4) is 0 Å². The van der Waals surface area contributed by atoms with Crippen LogP contribution in [0.15, 0.2) is 18.2 Å². The molecule has 0 fully saturated rings. The maximum absolute atomic E-state index is 10.8. The lowest BCUT2D eigenvalue weighted by Gasteiger charge is -2.10. The molecular weight excluding hydrogens is 282 g/mol. The second-order valence-electron chi connectivity index (χ2n) is 4.32.